The van der Waals surface area contributed by atoms with Gasteiger partial charge in [0.2, 0.25) is 0 Å². The first kappa shape index (κ1) is 14.3. The Labute approximate surface area is 117 Å². The third-order valence-corrected chi connectivity index (χ3v) is 4.52. The Hall–Kier alpha value is -1.14. The molecule has 0 aliphatic heterocycles. The van der Waals surface area contributed by atoms with Crippen LogP contribution in [-0.2, 0) is 14.9 Å². The molecule has 2 unspecified atom stereocenters. The standard InChI is InChI=1S/C13H20N2O3S/c1-13(2,11(16)17)10-7-19-12(15-10)14-8-5-4-6-9(8)18-3/h7-9H,4-6H2,1-3H3,(H,14,15)(H,16,17). The predicted molar refractivity (Wildman–Crippen MR) is 74.8 cm³/mol. The number of ether oxygens (including phenoxy) is 1. The molecular formula is C13H20N2O3S. The van der Waals surface area contributed by atoms with E-state index in [0.717, 1.165) is 24.4 Å². The summed E-state index contributed by atoms with van der Waals surface area (Å²) in [7, 11) is 1.73. The maximum absolute atomic E-state index is 11.2. The van der Waals surface area contributed by atoms with E-state index < -0.39 is 11.4 Å². The minimum atomic E-state index is -0.952. The van der Waals surface area contributed by atoms with Gasteiger partial charge < -0.3 is 15.2 Å². The Bertz CT molecular complexity index is 458. The van der Waals surface area contributed by atoms with Crippen LogP contribution in [0.25, 0.3) is 0 Å². The highest BCUT2D eigenvalue weighted by Gasteiger charge is 2.33. The van der Waals surface area contributed by atoms with Crippen molar-refractivity contribution in [2.45, 2.75) is 50.7 Å². The molecular weight excluding hydrogens is 264 g/mol. The number of carboxylic acids is 1. The first-order valence-corrected chi connectivity index (χ1v) is 7.32. The summed E-state index contributed by atoms with van der Waals surface area (Å²) in [6, 6.07) is 0.275. The van der Waals surface area contributed by atoms with Gasteiger partial charge in [-0.15, -0.1) is 11.3 Å². The van der Waals surface area contributed by atoms with Crippen LogP contribution in [-0.4, -0.2) is 35.3 Å². The number of thiazole rings is 1. The van der Waals surface area contributed by atoms with Crippen LogP contribution < -0.4 is 5.32 Å². The molecule has 1 heterocycles. The Morgan fingerprint density at radius 1 is 1.58 bits per heavy atom. The monoisotopic (exact) mass is 284 g/mol. The number of methoxy groups -OCH3 is 1. The molecule has 1 aliphatic carbocycles. The molecule has 19 heavy (non-hydrogen) atoms. The van der Waals surface area contributed by atoms with Gasteiger partial charge in [0.1, 0.15) is 5.41 Å². The molecule has 6 heteroatoms. The number of aromatic nitrogens is 1. The minimum Gasteiger partial charge on any atom is -0.481 e. The van der Waals surface area contributed by atoms with Crippen molar-refractivity contribution in [3.8, 4) is 0 Å². The van der Waals surface area contributed by atoms with E-state index in [1.165, 1.54) is 11.3 Å². The summed E-state index contributed by atoms with van der Waals surface area (Å²) in [5.41, 5.74) is -0.355. The third kappa shape index (κ3) is 2.90. The largest absolute Gasteiger partial charge is 0.481 e. The second-order valence-electron chi connectivity index (χ2n) is 5.42. The van der Waals surface area contributed by atoms with Crippen molar-refractivity contribution in [3.63, 3.8) is 0 Å². The highest BCUT2D eigenvalue weighted by Crippen LogP contribution is 2.30. The van der Waals surface area contributed by atoms with E-state index in [1.807, 2.05) is 5.38 Å². The van der Waals surface area contributed by atoms with Crippen molar-refractivity contribution < 1.29 is 14.6 Å². The fourth-order valence-electron chi connectivity index (χ4n) is 2.27. The van der Waals surface area contributed by atoms with Gasteiger partial charge in [0.25, 0.3) is 0 Å². The Balaban J connectivity index is 2.07. The molecule has 1 aromatic heterocycles. The predicted octanol–water partition coefficient (Wildman–Crippen LogP) is 2.48. The van der Waals surface area contributed by atoms with Crippen LogP contribution in [0.3, 0.4) is 0 Å². The number of hydrogen-bond donors (Lipinski definition) is 2. The average molecular weight is 284 g/mol. The lowest BCUT2D eigenvalue weighted by atomic mass is 9.90. The molecule has 5 nitrogen and oxygen atoms in total. The molecule has 2 rings (SSSR count). The lowest BCUT2D eigenvalue weighted by Crippen LogP contribution is -2.30. The summed E-state index contributed by atoms with van der Waals surface area (Å²) in [6.45, 7) is 3.34. The van der Waals surface area contributed by atoms with Gasteiger partial charge in [-0.25, -0.2) is 4.98 Å². The number of hydrogen-bond acceptors (Lipinski definition) is 5. The SMILES string of the molecule is COC1CCCC1Nc1nc(C(C)(C)C(=O)O)cs1. The molecule has 0 radical (unpaired) electrons. The van der Waals surface area contributed by atoms with Gasteiger partial charge in [0.05, 0.1) is 17.8 Å². The lowest BCUT2D eigenvalue weighted by molar-refractivity contribution is -0.142. The van der Waals surface area contributed by atoms with Crippen LogP contribution in [0.2, 0.25) is 0 Å². The van der Waals surface area contributed by atoms with Crippen LogP contribution in [0.15, 0.2) is 5.38 Å². The van der Waals surface area contributed by atoms with E-state index in [2.05, 4.69) is 10.3 Å². The molecule has 2 N–H and O–H groups in total. The first-order chi connectivity index (χ1) is 8.95. The van der Waals surface area contributed by atoms with Gasteiger partial charge in [0, 0.05) is 12.5 Å². The maximum Gasteiger partial charge on any atom is 0.315 e. The van der Waals surface area contributed by atoms with Gasteiger partial charge >= 0.3 is 5.97 Å². The maximum atomic E-state index is 11.2. The van der Waals surface area contributed by atoms with E-state index in [1.54, 1.807) is 21.0 Å². The number of rotatable bonds is 5. The van der Waals surface area contributed by atoms with Crippen molar-refractivity contribution in [2.75, 3.05) is 12.4 Å². The van der Waals surface area contributed by atoms with Crippen molar-refractivity contribution in [2.24, 2.45) is 0 Å². The minimum absolute atomic E-state index is 0.222. The van der Waals surface area contributed by atoms with Crippen molar-refractivity contribution in [1.29, 1.82) is 0 Å². The van der Waals surface area contributed by atoms with E-state index in [4.69, 9.17) is 4.74 Å². The Morgan fingerprint density at radius 2 is 2.32 bits per heavy atom. The third-order valence-electron chi connectivity index (χ3n) is 3.74. The zero-order valence-corrected chi connectivity index (χ0v) is 12.3. The fraction of sp³-hybridized carbons (Fsp3) is 0.692. The summed E-state index contributed by atoms with van der Waals surface area (Å²) in [6.07, 6.45) is 3.50. The molecule has 1 fully saturated rings. The topological polar surface area (TPSA) is 71.5 Å². The molecule has 1 aromatic rings. The van der Waals surface area contributed by atoms with E-state index in [0.29, 0.717) is 5.69 Å². The molecule has 0 spiro atoms. The van der Waals surface area contributed by atoms with Crippen LogP contribution in [0.5, 0.6) is 0 Å². The fourth-order valence-corrected chi connectivity index (χ4v) is 3.21. The normalized spacial score (nSPS) is 23.5. The molecule has 0 aromatic carbocycles. The van der Waals surface area contributed by atoms with Crippen molar-refractivity contribution in [1.82, 2.24) is 4.98 Å². The van der Waals surface area contributed by atoms with E-state index >= 15 is 0 Å². The van der Waals surface area contributed by atoms with Gasteiger partial charge in [-0.1, -0.05) is 0 Å². The first-order valence-electron chi connectivity index (χ1n) is 6.44. The number of nitrogens with one attached hydrogen (secondary N) is 1. The summed E-state index contributed by atoms with van der Waals surface area (Å²) in [5.74, 6) is -0.861. The summed E-state index contributed by atoms with van der Waals surface area (Å²) >= 11 is 1.45. The molecule has 0 bridgehead atoms. The summed E-state index contributed by atoms with van der Waals surface area (Å²) in [4.78, 5) is 15.6. The van der Waals surface area contributed by atoms with Crippen LogP contribution in [0.1, 0.15) is 38.8 Å². The van der Waals surface area contributed by atoms with Gasteiger partial charge in [0.15, 0.2) is 5.13 Å². The number of anilines is 1. The smallest absolute Gasteiger partial charge is 0.315 e. The van der Waals surface area contributed by atoms with Crippen LogP contribution >= 0.6 is 11.3 Å². The zero-order chi connectivity index (χ0) is 14.0. The summed E-state index contributed by atoms with van der Waals surface area (Å²) < 4.78 is 5.43. The number of carbonyl (C=O) groups is 1. The van der Waals surface area contributed by atoms with Crippen LogP contribution in [0, 0.1) is 0 Å². The van der Waals surface area contributed by atoms with Crippen molar-refractivity contribution >= 4 is 22.4 Å². The number of carboxylic acid groups (broad SMARTS) is 1. The summed E-state index contributed by atoms with van der Waals surface area (Å²) in [5, 5.41) is 15.1. The number of aliphatic carboxylic acids is 1. The highest BCUT2D eigenvalue weighted by atomic mass is 32.1. The molecule has 2 atom stereocenters. The average Bonchev–Trinajstić information content (AvgIpc) is 2.98. The molecule has 1 saturated carbocycles. The second-order valence-corrected chi connectivity index (χ2v) is 6.28. The van der Waals surface area contributed by atoms with Gasteiger partial charge in [-0.05, 0) is 33.1 Å². The quantitative estimate of drug-likeness (QED) is 0.869. The van der Waals surface area contributed by atoms with Crippen LogP contribution in [0.4, 0.5) is 5.13 Å². The van der Waals surface area contributed by atoms with Gasteiger partial charge in [-0.3, -0.25) is 4.79 Å². The molecule has 0 saturated heterocycles. The van der Waals surface area contributed by atoms with E-state index in [9.17, 15) is 9.90 Å². The van der Waals surface area contributed by atoms with Crippen molar-refractivity contribution in [3.05, 3.63) is 11.1 Å². The molecule has 0 amide bonds. The van der Waals surface area contributed by atoms with E-state index in [-0.39, 0.29) is 12.1 Å². The Kier molecular flexibility index (Phi) is 4.10. The zero-order valence-electron chi connectivity index (χ0n) is 11.5. The lowest BCUT2D eigenvalue weighted by Gasteiger charge is -2.19. The number of nitrogens with zero attached hydrogens (tertiary/aromatic N) is 1. The second kappa shape index (κ2) is 5.46. The molecule has 106 valence electrons. The highest BCUT2D eigenvalue weighted by molar-refractivity contribution is 7.13. The van der Waals surface area contributed by atoms with Gasteiger partial charge in [-0.2, -0.15) is 0 Å². The Morgan fingerprint density at radius 3 is 2.95 bits per heavy atom. The molecule has 1 aliphatic rings.